The van der Waals surface area contributed by atoms with Crippen molar-refractivity contribution in [3.8, 4) is 0 Å². The summed E-state index contributed by atoms with van der Waals surface area (Å²) < 4.78 is 0. The Morgan fingerprint density at radius 3 is 2.79 bits per heavy atom. The van der Waals surface area contributed by atoms with Crippen LogP contribution in [-0.2, 0) is 0 Å². The Morgan fingerprint density at radius 1 is 1.36 bits per heavy atom. The molecule has 2 heteroatoms. The number of hydrogen-bond acceptors (Lipinski definition) is 2. The largest absolute Gasteiger partial charge is 0.392 e. The molecule has 84 valence electrons. The number of aliphatic hydroxyl groups excluding tert-OH is 1. The molecule has 0 aliphatic heterocycles. The van der Waals surface area contributed by atoms with Gasteiger partial charge >= 0.3 is 0 Å². The quantitative estimate of drug-likeness (QED) is 0.444. The second kappa shape index (κ2) is 11.1. The topological polar surface area (TPSA) is 20.2 Å². The van der Waals surface area contributed by atoms with Crippen molar-refractivity contribution < 1.29 is 5.11 Å². The third-order valence-corrected chi connectivity index (χ3v) is 3.42. The van der Waals surface area contributed by atoms with Gasteiger partial charge in [0.05, 0.1) is 6.10 Å². The van der Waals surface area contributed by atoms with Crippen molar-refractivity contribution in [2.75, 3.05) is 11.5 Å². The van der Waals surface area contributed by atoms with E-state index in [1.54, 1.807) is 0 Å². The van der Waals surface area contributed by atoms with E-state index in [2.05, 4.69) is 13.5 Å². The average Bonchev–Trinajstić information content (AvgIpc) is 2.18. The second-order valence-corrected chi connectivity index (χ2v) is 4.81. The van der Waals surface area contributed by atoms with E-state index in [-0.39, 0.29) is 6.10 Å². The van der Waals surface area contributed by atoms with Gasteiger partial charge in [-0.25, -0.2) is 0 Å². The van der Waals surface area contributed by atoms with Crippen LogP contribution < -0.4 is 0 Å². The Balaban J connectivity index is 3.09. The Kier molecular flexibility index (Phi) is 11.2. The molecule has 14 heavy (non-hydrogen) atoms. The molecule has 1 unspecified atom stereocenters. The van der Waals surface area contributed by atoms with Crippen molar-refractivity contribution in [3.63, 3.8) is 0 Å². The molecule has 1 N–H and O–H groups in total. The summed E-state index contributed by atoms with van der Waals surface area (Å²) in [6.45, 7) is 5.87. The molecule has 0 fully saturated rings. The van der Waals surface area contributed by atoms with Crippen LogP contribution in [0.5, 0.6) is 0 Å². The van der Waals surface area contributed by atoms with E-state index >= 15 is 0 Å². The van der Waals surface area contributed by atoms with E-state index in [4.69, 9.17) is 0 Å². The molecule has 0 rings (SSSR count). The number of hydrogen-bond donors (Lipinski definition) is 1. The molecule has 1 nitrogen and oxygen atoms in total. The highest BCUT2D eigenvalue weighted by molar-refractivity contribution is 7.99. The maximum atomic E-state index is 9.59. The lowest BCUT2D eigenvalue weighted by atomic mass is 10.1. The highest BCUT2D eigenvalue weighted by Crippen LogP contribution is 2.11. The Bertz CT molecular complexity index is 125. The third kappa shape index (κ3) is 10.1. The normalized spacial score (nSPS) is 12.7. The van der Waals surface area contributed by atoms with Gasteiger partial charge < -0.3 is 5.11 Å². The van der Waals surface area contributed by atoms with Gasteiger partial charge in [-0.1, -0.05) is 25.8 Å². The SMILES string of the molecule is C=CCCCCCC(O)CSCCC. The zero-order chi connectivity index (χ0) is 10.6. The van der Waals surface area contributed by atoms with Gasteiger partial charge in [0.25, 0.3) is 0 Å². The van der Waals surface area contributed by atoms with Gasteiger partial charge in [0.1, 0.15) is 0 Å². The molecule has 0 aliphatic carbocycles. The first kappa shape index (κ1) is 14.1. The predicted molar refractivity (Wildman–Crippen MR) is 66.9 cm³/mol. The van der Waals surface area contributed by atoms with Crippen LogP contribution in [0.25, 0.3) is 0 Å². The molecule has 1 atom stereocenters. The lowest BCUT2D eigenvalue weighted by Crippen LogP contribution is -2.09. The summed E-state index contributed by atoms with van der Waals surface area (Å²) in [5.41, 5.74) is 0. The van der Waals surface area contributed by atoms with Gasteiger partial charge in [-0.2, -0.15) is 11.8 Å². The molecule has 0 bridgehead atoms. The minimum absolute atomic E-state index is 0.0877. The van der Waals surface area contributed by atoms with Crippen LogP contribution in [0.15, 0.2) is 12.7 Å². The molecule has 0 saturated carbocycles. The van der Waals surface area contributed by atoms with Crippen molar-refractivity contribution in [1.82, 2.24) is 0 Å². The van der Waals surface area contributed by atoms with Crippen LogP contribution >= 0.6 is 11.8 Å². The zero-order valence-electron chi connectivity index (χ0n) is 9.37. The minimum atomic E-state index is -0.0877. The Labute approximate surface area is 93.0 Å². The summed E-state index contributed by atoms with van der Waals surface area (Å²) in [5, 5.41) is 9.59. The maximum absolute atomic E-state index is 9.59. The summed E-state index contributed by atoms with van der Waals surface area (Å²) >= 11 is 1.86. The molecule has 0 aliphatic rings. The van der Waals surface area contributed by atoms with Gasteiger partial charge in [0.2, 0.25) is 0 Å². The van der Waals surface area contributed by atoms with E-state index < -0.39 is 0 Å². The molecular weight excluding hydrogens is 192 g/mol. The van der Waals surface area contributed by atoms with Gasteiger partial charge in [-0.05, 0) is 31.4 Å². The van der Waals surface area contributed by atoms with E-state index in [1.807, 2.05) is 17.8 Å². The standard InChI is InChI=1S/C12H24OS/c1-3-5-6-7-8-9-12(13)11-14-10-4-2/h3,12-13H,1,4-11H2,2H3. The smallest absolute Gasteiger partial charge is 0.0630 e. The fourth-order valence-corrected chi connectivity index (χ4v) is 2.19. The van der Waals surface area contributed by atoms with Gasteiger partial charge in [0.15, 0.2) is 0 Å². The Morgan fingerprint density at radius 2 is 2.14 bits per heavy atom. The first-order valence-electron chi connectivity index (χ1n) is 5.68. The molecule has 0 aromatic heterocycles. The lowest BCUT2D eigenvalue weighted by molar-refractivity contribution is 0.185. The number of aliphatic hydroxyl groups is 1. The first-order valence-corrected chi connectivity index (χ1v) is 6.83. The van der Waals surface area contributed by atoms with Crippen LogP contribution in [0.4, 0.5) is 0 Å². The van der Waals surface area contributed by atoms with Crippen molar-refractivity contribution in [3.05, 3.63) is 12.7 Å². The first-order chi connectivity index (χ1) is 6.81. The molecule has 0 aromatic rings. The molecule has 0 spiro atoms. The highest BCUT2D eigenvalue weighted by atomic mass is 32.2. The van der Waals surface area contributed by atoms with Crippen LogP contribution in [0.2, 0.25) is 0 Å². The number of thioether (sulfide) groups is 1. The molecule has 0 amide bonds. The maximum Gasteiger partial charge on any atom is 0.0630 e. The van der Waals surface area contributed by atoms with Crippen molar-refractivity contribution in [2.45, 2.75) is 51.6 Å². The van der Waals surface area contributed by atoms with Crippen molar-refractivity contribution >= 4 is 11.8 Å². The van der Waals surface area contributed by atoms with Gasteiger partial charge in [-0.3, -0.25) is 0 Å². The summed E-state index contributed by atoms with van der Waals surface area (Å²) in [6.07, 6.45) is 8.76. The van der Waals surface area contributed by atoms with E-state index in [1.165, 1.54) is 25.0 Å². The fourth-order valence-electron chi connectivity index (χ4n) is 1.29. The third-order valence-electron chi connectivity index (χ3n) is 2.10. The molecule has 0 aromatic carbocycles. The van der Waals surface area contributed by atoms with Crippen molar-refractivity contribution in [1.29, 1.82) is 0 Å². The van der Waals surface area contributed by atoms with Crippen LogP contribution in [0.3, 0.4) is 0 Å². The summed E-state index contributed by atoms with van der Waals surface area (Å²) in [6, 6.07) is 0. The van der Waals surface area contributed by atoms with Crippen LogP contribution in [0.1, 0.15) is 45.4 Å². The van der Waals surface area contributed by atoms with E-state index in [0.717, 1.165) is 25.0 Å². The monoisotopic (exact) mass is 216 g/mol. The van der Waals surface area contributed by atoms with Crippen molar-refractivity contribution in [2.24, 2.45) is 0 Å². The number of unbranched alkanes of at least 4 members (excludes halogenated alkanes) is 3. The summed E-state index contributed by atoms with van der Waals surface area (Å²) in [5.74, 6) is 2.09. The highest BCUT2D eigenvalue weighted by Gasteiger charge is 2.02. The lowest BCUT2D eigenvalue weighted by Gasteiger charge is -2.09. The summed E-state index contributed by atoms with van der Waals surface area (Å²) in [7, 11) is 0. The Hall–Kier alpha value is 0.0500. The van der Waals surface area contributed by atoms with Crippen LogP contribution in [0, 0.1) is 0 Å². The van der Waals surface area contributed by atoms with Gasteiger partial charge in [-0.15, -0.1) is 6.58 Å². The molecule has 0 saturated heterocycles. The number of allylic oxidation sites excluding steroid dienone is 1. The average molecular weight is 216 g/mol. The molecule has 0 radical (unpaired) electrons. The van der Waals surface area contributed by atoms with Gasteiger partial charge in [0, 0.05) is 5.75 Å². The fraction of sp³-hybridized carbons (Fsp3) is 0.833. The molecular formula is C12H24OS. The van der Waals surface area contributed by atoms with E-state index in [9.17, 15) is 5.11 Å². The molecule has 0 heterocycles. The predicted octanol–water partition coefficient (Wildman–Crippen LogP) is 3.63. The summed E-state index contributed by atoms with van der Waals surface area (Å²) in [4.78, 5) is 0. The second-order valence-electron chi connectivity index (χ2n) is 3.66. The minimum Gasteiger partial charge on any atom is -0.392 e. The van der Waals surface area contributed by atoms with E-state index in [0.29, 0.717) is 0 Å². The number of rotatable bonds is 10. The van der Waals surface area contributed by atoms with Crippen LogP contribution in [-0.4, -0.2) is 22.7 Å². The zero-order valence-corrected chi connectivity index (χ0v) is 10.2.